The maximum absolute atomic E-state index is 12.9. The van der Waals surface area contributed by atoms with Crippen LogP contribution in [0.2, 0.25) is 10.0 Å². The zero-order valence-electron chi connectivity index (χ0n) is 19.3. The van der Waals surface area contributed by atoms with Crippen LogP contribution in [0, 0.1) is 0 Å². The van der Waals surface area contributed by atoms with Gasteiger partial charge in [-0.1, -0.05) is 29.3 Å². The molecule has 0 bridgehead atoms. The van der Waals surface area contributed by atoms with E-state index in [4.69, 9.17) is 28.2 Å². The number of halogens is 2. The van der Waals surface area contributed by atoms with Crippen molar-refractivity contribution in [2.24, 2.45) is 0 Å². The van der Waals surface area contributed by atoms with Gasteiger partial charge in [-0.2, -0.15) is 9.61 Å². The van der Waals surface area contributed by atoms with Crippen molar-refractivity contribution in [1.29, 1.82) is 0 Å². The van der Waals surface area contributed by atoms with Crippen molar-refractivity contribution in [3.8, 4) is 0 Å². The Morgan fingerprint density at radius 3 is 2.50 bits per heavy atom. The number of carbonyl (C=O) groups is 1. The largest absolute Gasteiger partial charge is 0.366 e. The molecule has 3 aromatic rings. The molecule has 0 spiro atoms. The maximum Gasteiger partial charge on any atom is 0.320 e. The summed E-state index contributed by atoms with van der Waals surface area (Å²) in [5.74, 6) is 1.17. The molecule has 1 aromatic carbocycles. The van der Waals surface area contributed by atoms with Crippen LogP contribution in [0.25, 0.3) is 5.65 Å². The molecule has 2 aliphatic heterocycles. The number of hydrogen-bond acceptors (Lipinski definition) is 5. The molecular formula is C24H29Cl2N7O. The van der Waals surface area contributed by atoms with Gasteiger partial charge in [-0.05, 0) is 37.6 Å². The Bertz CT molecular complexity index is 1170. The molecule has 2 amide bonds. The number of hydrogen-bond donors (Lipinski definition) is 1. The molecule has 2 aliphatic rings. The van der Waals surface area contributed by atoms with Gasteiger partial charge in [0.2, 0.25) is 0 Å². The lowest BCUT2D eigenvalue weighted by atomic mass is 9.93. The Kier molecular flexibility index (Phi) is 6.81. The van der Waals surface area contributed by atoms with Gasteiger partial charge in [0.25, 0.3) is 0 Å². The highest BCUT2D eigenvalue weighted by atomic mass is 35.5. The second-order valence-corrected chi connectivity index (χ2v) is 9.93. The number of nitrogens with one attached hydrogen (secondary N) is 1. The lowest BCUT2D eigenvalue weighted by Gasteiger charge is -2.38. The van der Waals surface area contributed by atoms with Crippen LogP contribution in [0.1, 0.15) is 30.0 Å². The van der Waals surface area contributed by atoms with Crippen molar-refractivity contribution in [3.63, 3.8) is 0 Å². The summed E-state index contributed by atoms with van der Waals surface area (Å²) in [6.45, 7) is 5.55. The summed E-state index contributed by atoms with van der Waals surface area (Å²) in [5, 5.41) is 9.13. The number of piperazine rings is 1. The lowest BCUT2D eigenvalue weighted by molar-refractivity contribution is 0.113. The minimum absolute atomic E-state index is 0.174. The predicted octanol–water partition coefficient (Wildman–Crippen LogP) is 4.20. The second kappa shape index (κ2) is 9.98. The molecule has 0 aliphatic carbocycles. The smallest absolute Gasteiger partial charge is 0.320 e. The highest BCUT2D eigenvalue weighted by Crippen LogP contribution is 2.30. The molecule has 34 heavy (non-hydrogen) atoms. The fourth-order valence-corrected chi connectivity index (χ4v) is 5.16. The second-order valence-electron chi connectivity index (χ2n) is 9.09. The summed E-state index contributed by atoms with van der Waals surface area (Å²) in [4.78, 5) is 24.1. The maximum atomic E-state index is 12.9. The van der Waals surface area contributed by atoms with Crippen LogP contribution in [0.5, 0.6) is 0 Å². The van der Waals surface area contributed by atoms with Crippen molar-refractivity contribution < 1.29 is 4.79 Å². The number of likely N-dealkylation sites (tertiary alicyclic amines) is 1. The number of benzene rings is 1. The molecular weight excluding hydrogens is 473 g/mol. The Balaban J connectivity index is 1.27. The first-order valence-electron chi connectivity index (χ1n) is 11.7. The van der Waals surface area contributed by atoms with Crippen LogP contribution in [0.4, 0.5) is 10.6 Å². The average molecular weight is 502 g/mol. The van der Waals surface area contributed by atoms with Gasteiger partial charge in [-0.25, -0.2) is 9.78 Å². The molecule has 2 saturated heterocycles. The van der Waals surface area contributed by atoms with E-state index in [1.54, 1.807) is 16.8 Å². The quantitative estimate of drug-likeness (QED) is 0.580. The van der Waals surface area contributed by atoms with Crippen molar-refractivity contribution in [2.45, 2.75) is 25.3 Å². The molecule has 10 heteroatoms. The molecule has 0 unspecified atom stereocenters. The number of carbonyl (C=O) groups excluding carboxylic acids is 1. The van der Waals surface area contributed by atoms with E-state index in [1.807, 2.05) is 28.0 Å². The monoisotopic (exact) mass is 501 g/mol. The number of fused-ring (bicyclic) bond motifs is 1. The van der Waals surface area contributed by atoms with Gasteiger partial charge < -0.3 is 20.0 Å². The zero-order chi connectivity index (χ0) is 23.7. The predicted molar refractivity (Wildman–Crippen MR) is 135 cm³/mol. The van der Waals surface area contributed by atoms with Crippen LogP contribution < -0.4 is 5.32 Å². The first-order chi connectivity index (χ1) is 16.5. The van der Waals surface area contributed by atoms with Gasteiger partial charge >= 0.3 is 6.03 Å². The number of amides is 2. The molecule has 8 nitrogen and oxygen atoms in total. The van der Waals surface area contributed by atoms with Gasteiger partial charge in [-0.15, -0.1) is 0 Å². The number of likely N-dealkylation sites (N-methyl/N-ethyl adjacent to an activating group) is 1. The first kappa shape index (κ1) is 23.2. The summed E-state index contributed by atoms with van der Waals surface area (Å²) in [7, 11) is 2.10. The number of aromatic nitrogens is 3. The van der Waals surface area contributed by atoms with E-state index in [9.17, 15) is 4.79 Å². The molecule has 2 fully saturated rings. The van der Waals surface area contributed by atoms with Gasteiger partial charge in [0.15, 0.2) is 5.65 Å². The number of urea groups is 1. The Labute approximate surface area is 209 Å². The minimum Gasteiger partial charge on any atom is -0.366 e. The van der Waals surface area contributed by atoms with E-state index in [2.05, 4.69) is 28.4 Å². The molecule has 5 rings (SSSR count). The Hall–Kier alpha value is -2.55. The summed E-state index contributed by atoms with van der Waals surface area (Å²) in [5.41, 5.74) is 2.79. The SMILES string of the molecule is CN1CCN(C(=O)N2CCC(c3cc(NCc4ccc(Cl)cc4Cl)n4nccc4n3)CC2)CC1. The highest BCUT2D eigenvalue weighted by Gasteiger charge is 2.29. The number of rotatable bonds is 4. The van der Waals surface area contributed by atoms with E-state index >= 15 is 0 Å². The lowest BCUT2D eigenvalue weighted by Crippen LogP contribution is -2.53. The van der Waals surface area contributed by atoms with E-state index < -0.39 is 0 Å². The molecule has 180 valence electrons. The van der Waals surface area contributed by atoms with Crippen LogP contribution in [0.15, 0.2) is 36.5 Å². The number of nitrogens with zero attached hydrogens (tertiary/aromatic N) is 6. The van der Waals surface area contributed by atoms with E-state index in [1.165, 1.54) is 0 Å². The third-order valence-electron chi connectivity index (χ3n) is 6.81. The van der Waals surface area contributed by atoms with Crippen molar-refractivity contribution in [1.82, 2.24) is 29.3 Å². The summed E-state index contributed by atoms with van der Waals surface area (Å²) in [6, 6.07) is 9.67. The van der Waals surface area contributed by atoms with E-state index in [0.717, 1.165) is 74.8 Å². The minimum atomic E-state index is 0.174. The Morgan fingerprint density at radius 1 is 1.03 bits per heavy atom. The van der Waals surface area contributed by atoms with Crippen LogP contribution in [-0.2, 0) is 6.54 Å². The summed E-state index contributed by atoms with van der Waals surface area (Å²) in [6.07, 6.45) is 3.56. The molecule has 2 aromatic heterocycles. The summed E-state index contributed by atoms with van der Waals surface area (Å²) < 4.78 is 1.80. The van der Waals surface area contributed by atoms with E-state index in [-0.39, 0.29) is 6.03 Å². The molecule has 0 radical (unpaired) electrons. The topological polar surface area (TPSA) is 69.0 Å². The number of piperidine rings is 1. The first-order valence-corrected chi connectivity index (χ1v) is 12.5. The fourth-order valence-electron chi connectivity index (χ4n) is 4.68. The highest BCUT2D eigenvalue weighted by molar-refractivity contribution is 6.35. The van der Waals surface area contributed by atoms with Crippen LogP contribution >= 0.6 is 23.2 Å². The van der Waals surface area contributed by atoms with Crippen molar-refractivity contribution in [2.75, 3.05) is 51.6 Å². The third-order valence-corrected chi connectivity index (χ3v) is 7.40. The standard InChI is InChI=1S/C24H29Cl2N7O/c1-30-10-12-32(13-11-30)24(34)31-8-5-17(6-9-31)21-15-23(33-22(29-21)4-7-28-33)27-16-18-2-3-19(25)14-20(18)26/h2-4,7,14-15,17,27H,5-6,8-13,16H2,1H3. The van der Waals surface area contributed by atoms with E-state index in [0.29, 0.717) is 22.5 Å². The molecule has 4 heterocycles. The normalized spacial score (nSPS) is 18.0. The third kappa shape index (κ3) is 4.94. The Morgan fingerprint density at radius 2 is 1.76 bits per heavy atom. The number of anilines is 1. The molecule has 0 saturated carbocycles. The summed E-state index contributed by atoms with van der Waals surface area (Å²) >= 11 is 12.4. The van der Waals surface area contributed by atoms with Gasteiger partial charge in [-0.3, -0.25) is 0 Å². The van der Waals surface area contributed by atoms with Crippen LogP contribution in [0.3, 0.4) is 0 Å². The fraction of sp³-hybridized carbons (Fsp3) is 0.458. The van der Waals surface area contributed by atoms with Gasteiger partial charge in [0.05, 0.1) is 6.20 Å². The average Bonchev–Trinajstić information content (AvgIpc) is 3.32. The molecule has 1 N–H and O–H groups in total. The zero-order valence-corrected chi connectivity index (χ0v) is 20.8. The van der Waals surface area contributed by atoms with Crippen molar-refractivity contribution >= 4 is 40.7 Å². The van der Waals surface area contributed by atoms with Crippen molar-refractivity contribution in [3.05, 3.63) is 57.8 Å². The van der Waals surface area contributed by atoms with Gasteiger partial charge in [0.1, 0.15) is 5.82 Å². The van der Waals surface area contributed by atoms with Crippen LogP contribution in [-0.4, -0.2) is 81.6 Å². The van der Waals surface area contributed by atoms with Gasteiger partial charge in [0, 0.05) is 79.6 Å². The molecule has 0 atom stereocenters.